The monoisotopic (exact) mass is 191 g/mol. The summed E-state index contributed by atoms with van der Waals surface area (Å²) < 4.78 is 5.41. The van der Waals surface area contributed by atoms with Crippen LogP contribution in [0.15, 0.2) is 29.3 Å². The summed E-state index contributed by atoms with van der Waals surface area (Å²) in [6, 6.07) is 7.85. The van der Waals surface area contributed by atoms with Crippen LogP contribution in [0.25, 0.3) is 0 Å². The van der Waals surface area contributed by atoms with Crippen LogP contribution in [0, 0.1) is 6.92 Å². The Balaban J connectivity index is 2.28. The first-order valence-corrected chi connectivity index (χ1v) is 4.68. The smallest absolute Gasteiger partial charge is 0.216 e. The second-order valence-corrected chi connectivity index (χ2v) is 3.40. The van der Waals surface area contributed by atoms with E-state index in [1.165, 1.54) is 0 Å². The van der Waals surface area contributed by atoms with Crippen LogP contribution >= 0.6 is 0 Å². The van der Waals surface area contributed by atoms with Gasteiger partial charge in [-0.3, -0.25) is 0 Å². The van der Waals surface area contributed by atoms with Gasteiger partial charge in [0.15, 0.2) is 0 Å². The highest BCUT2D eigenvalue weighted by Crippen LogP contribution is 2.14. The number of hydrogen-bond acceptors (Lipinski definition) is 3. The van der Waals surface area contributed by atoms with Gasteiger partial charge in [-0.05, 0) is 18.6 Å². The van der Waals surface area contributed by atoms with E-state index in [0.29, 0.717) is 12.5 Å². The van der Waals surface area contributed by atoms with Gasteiger partial charge in [0.25, 0.3) is 0 Å². The SMILES string of the molecule is Cc1ccccc1C1=N[C@H](CO)CO1. The topological polar surface area (TPSA) is 41.8 Å². The molecule has 74 valence electrons. The first-order chi connectivity index (χ1) is 6.81. The van der Waals surface area contributed by atoms with Crippen LogP contribution in [0.4, 0.5) is 0 Å². The fraction of sp³-hybridized carbons (Fsp3) is 0.364. The van der Waals surface area contributed by atoms with Gasteiger partial charge in [0, 0.05) is 5.56 Å². The van der Waals surface area contributed by atoms with Crippen LogP contribution in [-0.2, 0) is 4.74 Å². The van der Waals surface area contributed by atoms with Gasteiger partial charge in [-0.15, -0.1) is 0 Å². The third-order valence-corrected chi connectivity index (χ3v) is 2.30. The molecule has 0 amide bonds. The maximum atomic E-state index is 8.91. The highest BCUT2D eigenvalue weighted by molar-refractivity contribution is 5.96. The number of ether oxygens (including phenoxy) is 1. The summed E-state index contributed by atoms with van der Waals surface area (Å²) in [5.41, 5.74) is 2.16. The molecule has 1 aromatic carbocycles. The molecule has 1 N–H and O–H groups in total. The molecule has 2 rings (SSSR count). The lowest BCUT2D eigenvalue weighted by Crippen LogP contribution is -2.10. The molecular formula is C11H13NO2. The summed E-state index contributed by atoms with van der Waals surface area (Å²) in [4.78, 5) is 4.28. The van der Waals surface area contributed by atoms with Gasteiger partial charge in [0.2, 0.25) is 5.90 Å². The minimum atomic E-state index is -0.0930. The molecule has 0 bridgehead atoms. The van der Waals surface area contributed by atoms with E-state index < -0.39 is 0 Å². The van der Waals surface area contributed by atoms with Crippen LogP contribution in [0.1, 0.15) is 11.1 Å². The summed E-state index contributed by atoms with van der Waals surface area (Å²) in [5.74, 6) is 0.655. The van der Waals surface area contributed by atoms with Crippen LogP contribution in [0.3, 0.4) is 0 Å². The first kappa shape index (κ1) is 9.21. The van der Waals surface area contributed by atoms with Gasteiger partial charge in [-0.2, -0.15) is 0 Å². The molecule has 1 aliphatic rings. The highest BCUT2D eigenvalue weighted by atomic mass is 16.5. The molecule has 3 heteroatoms. The van der Waals surface area contributed by atoms with Crippen LogP contribution < -0.4 is 0 Å². The Bertz CT molecular complexity index is 360. The first-order valence-electron chi connectivity index (χ1n) is 4.68. The molecule has 0 aromatic heterocycles. The van der Waals surface area contributed by atoms with Crippen molar-refractivity contribution in [1.29, 1.82) is 0 Å². The quantitative estimate of drug-likeness (QED) is 0.761. The van der Waals surface area contributed by atoms with E-state index in [1.54, 1.807) is 0 Å². The lowest BCUT2D eigenvalue weighted by atomic mass is 10.1. The zero-order valence-electron chi connectivity index (χ0n) is 8.10. The summed E-state index contributed by atoms with van der Waals surface area (Å²) in [6.07, 6.45) is 0. The molecule has 0 saturated carbocycles. The maximum absolute atomic E-state index is 8.91. The second kappa shape index (κ2) is 3.80. The molecule has 0 fully saturated rings. The molecule has 0 radical (unpaired) electrons. The van der Waals surface area contributed by atoms with E-state index in [2.05, 4.69) is 4.99 Å². The number of hydrogen-bond donors (Lipinski definition) is 1. The molecule has 1 aliphatic heterocycles. The number of nitrogens with zero attached hydrogens (tertiary/aromatic N) is 1. The minimum absolute atomic E-state index is 0.0510. The van der Waals surface area contributed by atoms with Crippen molar-refractivity contribution in [3.05, 3.63) is 35.4 Å². The van der Waals surface area contributed by atoms with Gasteiger partial charge in [-0.1, -0.05) is 18.2 Å². The number of benzene rings is 1. The number of aliphatic hydroxyl groups is 1. The lowest BCUT2D eigenvalue weighted by Gasteiger charge is -2.03. The van der Waals surface area contributed by atoms with Crippen LogP contribution in [0.5, 0.6) is 0 Å². The van der Waals surface area contributed by atoms with Crippen LogP contribution in [0.2, 0.25) is 0 Å². The largest absolute Gasteiger partial charge is 0.475 e. The number of rotatable bonds is 2. The van der Waals surface area contributed by atoms with E-state index in [0.717, 1.165) is 11.1 Å². The zero-order valence-corrected chi connectivity index (χ0v) is 8.10. The standard InChI is InChI=1S/C11H13NO2/c1-8-4-2-3-5-10(8)11-12-9(6-13)7-14-11/h2-5,9,13H,6-7H2,1H3/t9-/m1/s1. The lowest BCUT2D eigenvalue weighted by molar-refractivity contribution is 0.227. The van der Waals surface area contributed by atoms with Crippen molar-refractivity contribution < 1.29 is 9.84 Å². The Labute approximate surface area is 83.1 Å². The highest BCUT2D eigenvalue weighted by Gasteiger charge is 2.19. The fourth-order valence-electron chi connectivity index (χ4n) is 1.47. The Morgan fingerprint density at radius 2 is 2.29 bits per heavy atom. The number of aryl methyl sites for hydroxylation is 1. The van der Waals surface area contributed by atoms with Gasteiger partial charge in [0.05, 0.1) is 6.61 Å². The van der Waals surface area contributed by atoms with Crippen molar-refractivity contribution in [3.8, 4) is 0 Å². The van der Waals surface area contributed by atoms with Gasteiger partial charge < -0.3 is 9.84 Å². The van der Waals surface area contributed by atoms with Gasteiger partial charge >= 0.3 is 0 Å². The summed E-state index contributed by atoms with van der Waals surface area (Å²) >= 11 is 0. The normalized spacial score (nSPS) is 20.4. The minimum Gasteiger partial charge on any atom is -0.475 e. The third kappa shape index (κ3) is 1.63. The fourth-order valence-corrected chi connectivity index (χ4v) is 1.47. The van der Waals surface area contributed by atoms with Crippen LogP contribution in [-0.4, -0.2) is 30.3 Å². The molecule has 14 heavy (non-hydrogen) atoms. The van der Waals surface area contributed by atoms with E-state index >= 15 is 0 Å². The molecule has 0 aliphatic carbocycles. The molecule has 1 atom stereocenters. The number of aliphatic hydroxyl groups excluding tert-OH is 1. The van der Waals surface area contributed by atoms with E-state index in [-0.39, 0.29) is 12.6 Å². The van der Waals surface area contributed by atoms with Crippen molar-refractivity contribution in [2.45, 2.75) is 13.0 Å². The molecule has 0 unspecified atom stereocenters. The second-order valence-electron chi connectivity index (χ2n) is 3.40. The summed E-state index contributed by atoms with van der Waals surface area (Å²) in [5, 5.41) is 8.91. The average Bonchev–Trinajstić information content (AvgIpc) is 2.67. The summed E-state index contributed by atoms with van der Waals surface area (Å²) in [7, 11) is 0. The molecule has 3 nitrogen and oxygen atoms in total. The van der Waals surface area contributed by atoms with E-state index in [1.807, 2.05) is 31.2 Å². The molecular weight excluding hydrogens is 178 g/mol. The third-order valence-electron chi connectivity index (χ3n) is 2.30. The zero-order chi connectivity index (χ0) is 9.97. The van der Waals surface area contributed by atoms with E-state index in [4.69, 9.17) is 9.84 Å². The van der Waals surface area contributed by atoms with Crippen molar-refractivity contribution in [2.75, 3.05) is 13.2 Å². The van der Waals surface area contributed by atoms with Crippen molar-refractivity contribution in [2.24, 2.45) is 4.99 Å². The van der Waals surface area contributed by atoms with Crippen molar-refractivity contribution in [3.63, 3.8) is 0 Å². The Kier molecular flexibility index (Phi) is 2.50. The maximum Gasteiger partial charge on any atom is 0.216 e. The molecule has 0 spiro atoms. The van der Waals surface area contributed by atoms with Gasteiger partial charge in [0.1, 0.15) is 12.6 Å². The predicted octanol–water partition coefficient (Wildman–Crippen LogP) is 1.13. The summed E-state index contributed by atoms with van der Waals surface area (Å²) in [6.45, 7) is 2.56. The average molecular weight is 191 g/mol. The number of aliphatic imine (C=N–C) groups is 1. The van der Waals surface area contributed by atoms with Crippen molar-refractivity contribution in [1.82, 2.24) is 0 Å². The predicted molar refractivity (Wildman–Crippen MR) is 54.5 cm³/mol. The molecule has 1 aromatic rings. The molecule has 1 heterocycles. The van der Waals surface area contributed by atoms with Crippen molar-refractivity contribution >= 4 is 5.90 Å². The van der Waals surface area contributed by atoms with Gasteiger partial charge in [-0.25, -0.2) is 4.99 Å². The Hall–Kier alpha value is -1.35. The van der Waals surface area contributed by atoms with E-state index in [9.17, 15) is 0 Å². The molecule has 0 saturated heterocycles. The Morgan fingerprint density at radius 1 is 1.50 bits per heavy atom. The Morgan fingerprint density at radius 3 is 2.93 bits per heavy atom.